The number of rotatable bonds is 5. The summed E-state index contributed by atoms with van der Waals surface area (Å²) in [6.07, 6.45) is 0. The van der Waals surface area contributed by atoms with E-state index in [9.17, 15) is 20.2 Å². The number of nitro benzene ring substituents is 2. The van der Waals surface area contributed by atoms with Crippen LogP contribution in [0.3, 0.4) is 0 Å². The molecule has 1 aliphatic heterocycles. The number of methoxy groups -OCH3 is 1. The van der Waals surface area contributed by atoms with E-state index in [1.165, 1.54) is 12.1 Å². The van der Waals surface area contributed by atoms with Gasteiger partial charge in [-0.1, -0.05) is 0 Å². The van der Waals surface area contributed by atoms with E-state index in [1.807, 2.05) is 29.7 Å². The summed E-state index contributed by atoms with van der Waals surface area (Å²) in [6.45, 7) is 6.49. The molecular formula is C19H20N3O5+. The van der Waals surface area contributed by atoms with Crippen molar-refractivity contribution in [3.05, 3.63) is 67.8 Å². The first-order chi connectivity index (χ1) is 12.6. The summed E-state index contributed by atoms with van der Waals surface area (Å²) in [5.74, 6) is 0.752. The van der Waals surface area contributed by atoms with Crippen molar-refractivity contribution in [2.24, 2.45) is 0 Å². The van der Waals surface area contributed by atoms with Gasteiger partial charge in [-0.15, -0.1) is 0 Å². The first kappa shape index (κ1) is 18.5. The van der Waals surface area contributed by atoms with Gasteiger partial charge in [-0.05, 0) is 26.0 Å². The summed E-state index contributed by atoms with van der Waals surface area (Å²) < 4.78 is 7.37. The lowest BCUT2D eigenvalue weighted by Gasteiger charge is -2.15. The maximum absolute atomic E-state index is 11.2. The van der Waals surface area contributed by atoms with E-state index in [4.69, 9.17) is 4.74 Å². The van der Waals surface area contributed by atoms with E-state index in [0.29, 0.717) is 12.1 Å². The van der Waals surface area contributed by atoms with Crippen molar-refractivity contribution in [3.63, 3.8) is 0 Å². The third-order valence-corrected chi connectivity index (χ3v) is 5.20. The summed E-state index contributed by atoms with van der Waals surface area (Å²) >= 11 is 0. The second-order valence-corrected chi connectivity index (χ2v) is 7.05. The largest absolute Gasteiger partial charge is 0.497 e. The van der Waals surface area contributed by atoms with E-state index < -0.39 is 9.85 Å². The van der Waals surface area contributed by atoms with Crippen LogP contribution in [0.1, 0.15) is 31.9 Å². The Balaban J connectivity index is 2.10. The number of fused-ring (bicyclic) bond motifs is 1. The molecule has 2 aromatic carbocycles. The molecule has 3 rings (SSSR count). The molecule has 0 radical (unpaired) electrons. The van der Waals surface area contributed by atoms with Gasteiger partial charge < -0.3 is 4.74 Å². The average Bonchev–Trinajstić information content (AvgIpc) is 2.81. The number of nitrogens with zero attached hydrogens (tertiary/aromatic N) is 3. The van der Waals surface area contributed by atoms with Gasteiger partial charge in [-0.25, -0.2) is 0 Å². The lowest BCUT2D eigenvalue weighted by atomic mass is 9.82. The van der Waals surface area contributed by atoms with Crippen LogP contribution >= 0.6 is 0 Å². The molecule has 8 nitrogen and oxygen atoms in total. The Morgan fingerprint density at radius 1 is 1.04 bits per heavy atom. The zero-order chi connectivity index (χ0) is 19.9. The number of hydrogen-bond acceptors (Lipinski definition) is 5. The number of nitro groups is 2. The SMILES string of the molecule is COc1ccc2c(c1)C(C)(C)C(C)=[N+]2Cc1cc([N+](=O)[O-])cc([N+](=O)[O-])c1. The van der Waals surface area contributed by atoms with Gasteiger partial charge in [-0.2, -0.15) is 4.58 Å². The molecule has 0 saturated heterocycles. The van der Waals surface area contributed by atoms with E-state index >= 15 is 0 Å². The molecule has 0 aromatic heterocycles. The summed E-state index contributed by atoms with van der Waals surface area (Å²) in [6, 6.07) is 9.53. The number of hydrogen-bond donors (Lipinski definition) is 0. The average molecular weight is 370 g/mol. The molecule has 0 aliphatic carbocycles. The lowest BCUT2D eigenvalue weighted by Crippen LogP contribution is -2.26. The van der Waals surface area contributed by atoms with Crippen LogP contribution in [0.2, 0.25) is 0 Å². The van der Waals surface area contributed by atoms with Gasteiger partial charge in [0.15, 0.2) is 12.3 Å². The van der Waals surface area contributed by atoms with E-state index in [2.05, 4.69) is 13.8 Å². The van der Waals surface area contributed by atoms with Gasteiger partial charge in [0.2, 0.25) is 5.69 Å². The highest BCUT2D eigenvalue weighted by Gasteiger charge is 2.43. The minimum atomic E-state index is -0.611. The monoisotopic (exact) mass is 370 g/mol. The van der Waals surface area contributed by atoms with Crippen molar-refractivity contribution in [1.82, 2.24) is 0 Å². The van der Waals surface area contributed by atoms with Gasteiger partial charge in [0.25, 0.3) is 11.4 Å². The molecular weight excluding hydrogens is 350 g/mol. The van der Waals surface area contributed by atoms with Gasteiger partial charge >= 0.3 is 0 Å². The molecule has 2 aromatic rings. The predicted molar refractivity (Wildman–Crippen MR) is 100 cm³/mol. The van der Waals surface area contributed by atoms with Crippen LogP contribution in [0.25, 0.3) is 0 Å². The fraction of sp³-hybridized carbons (Fsp3) is 0.316. The standard InChI is InChI=1S/C19H20N3O5/c1-12-19(2,3)17-10-16(27-4)5-6-18(17)20(12)11-13-7-14(21(23)24)9-15(8-13)22(25)26/h5-10H,11H2,1-4H3/q+1. The molecule has 0 N–H and O–H groups in total. The molecule has 0 bridgehead atoms. The smallest absolute Gasteiger partial charge is 0.276 e. The van der Waals surface area contributed by atoms with Crippen LogP contribution in [-0.4, -0.2) is 27.2 Å². The highest BCUT2D eigenvalue weighted by Crippen LogP contribution is 2.42. The van der Waals surface area contributed by atoms with Crippen LogP contribution in [0, 0.1) is 20.2 Å². The molecule has 0 atom stereocenters. The van der Waals surface area contributed by atoms with Crippen LogP contribution < -0.4 is 4.74 Å². The first-order valence-corrected chi connectivity index (χ1v) is 8.38. The molecule has 140 valence electrons. The molecule has 0 fully saturated rings. The van der Waals surface area contributed by atoms with Gasteiger partial charge in [-0.3, -0.25) is 20.2 Å². The number of ether oxygens (including phenoxy) is 1. The van der Waals surface area contributed by atoms with Crippen molar-refractivity contribution >= 4 is 22.8 Å². The summed E-state index contributed by atoms with van der Waals surface area (Å²) in [7, 11) is 1.61. The Kier molecular flexibility index (Phi) is 4.43. The van der Waals surface area contributed by atoms with E-state index in [0.717, 1.165) is 28.8 Å². The van der Waals surface area contributed by atoms with Crippen molar-refractivity contribution in [3.8, 4) is 5.75 Å². The van der Waals surface area contributed by atoms with E-state index in [-0.39, 0.29) is 16.8 Å². The molecule has 0 amide bonds. The van der Waals surface area contributed by atoms with Crippen LogP contribution in [-0.2, 0) is 12.0 Å². The summed E-state index contributed by atoms with van der Waals surface area (Å²) in [5.41, 5.74) is 2.79. The Labute approximate surface area is 156 Å². The minimum Gasteiger partial charge on any atom is -0.497 e. The highest BCUT2D eigenvalue weighted by molar-refractivity contribution is 5.93. The zero-order valence-corrected chi connectivity index (χ0v) is 15.6. The molecule has 1 aliphatic rings. The second kappa shape index (κ2) is 6.46. The fourth-order valence-corrected chi connectivity index (χ4v) is 3.44. The number of non-ortho nitro benzene ring substituents is 2. The zero-order valence-electron chi connectivity index (χ0n) is 15.6. The van der Waals surface area contributed by atoms with Crippen molar-refractivity contribution in [2.45, 2.75) is 32.7 Å². The Morgan fingerprint density at radius 3 is 2.15 bits per heavy atom. The Hall–Kier alpha value is -3.29. The molecule has 0 spiro atoms. The quantitative estimate of drug-likeness (QED) is 0.448. The van der Waals surface area contributed by atoms with Gasteiger partial charge in [0, 0.05) is 36.2 Å². The molecule has 0 saturated carbocycles. The van der Waals surface area contributed by atoms with Crippen LogP contribution in [0.4, 0.5) is 17.1 Å². The molecule has 1 heterocycles. The summed E-state index contributed by atoms with van der Waals surface area (Å²) in [4.78, 5) is 21.1. The number of benzene rings is 2. The minimum absolute atomic E-state index is 0.253. The van der Waals surface area contributed by atoms with Crippen molar-refractivity contribution in [1.29, 1.82) is 0 Å². The maximum Gasteiger partial charge on any atom is 0.276 e. The normalized spacial score (nSPS) is 14.8. The van der Waals surface area contributed by atoms with Gasteiger partial charge in [0.1, 0.15) is 5.75 Å². The van der Waals surface area contributed by atoms with E-state index in [1.54, 1.807) is 7.11 Å². The summed E-state index contributed by atoms with van der Waals surface area (Å²) in [5, 5.41) is 22.3. The maximum atomic E-state index is 11.2. The molecule has 0 unspecified atom stereocenters. The Bertz CT molecular complexity index is 963. The lowest BCUT2D eigenvalue weighted by molar-refractivity contribution is -0.456. The second-order valence-electron chi connectivity index (χ2n) is 7.05. The van der Waals surface area contributed by atoms with Crippen LogP contribution in [0.15, 0.2) is 36.4 Å². The highest BCUT2D eigenvalue weighted by atomic mass is 16.6. The molecule has 27 heavy (non-hydrogen) atoms. The van der Waals surface area contributed by atoms with Gasteiger partial charge in [0.05, 0.1) is 28.4 Å². The Morgan fingerprint density at radius 2 is 1.63 bits per heavy atom. The third kappa shape index (κ3) is 3.14. The fourth-order valence-electron chi connectivity index (χ4n) is 3.44. The van der Waals surface area contributed by atoms with Crippen LogP contribution in [0.5, 0.6) is 5.75 Å². The third-order valence-electron chi connectivity index (χ3n) is 5.20. The molecule has 8 heteroatoms. The topological polar surface area (TPSA) is 98.5 Å². The van der Waals surface area contributed by atoms with Crippen molar-refractivity contribution in [2.75, 3.05) is 7.11 Å². The van der Waals surface area contributed by atoms with Crippen molar-refractivity contribution < 1.29 is 19.2 Å². The first-order valence-electron chi connectivity index (χ1n) is 8.38. The predicted octanol–water partition coefficient (Wildman–Crippen LogP) is 4.11.